The van der Waals surface area contributed by atoms with Crippen LogP contribution in [0.2, 0.25) is 13.1 Å². The van der Waals surface area contributed by atoms with Gasteiger partial charge in [0, 0.05) is 7.11 Å². The minimum Gasteiger partial charge on any atom is -0.360 e. The van der Waals surface area contributed by atoms with Crippen molar-refractivity contribution in [1.29, 1.82) is 0 Å². The summed E-state index contributed by atoms with van der Waals surface area (Å²) in [5.41, 5.74) is 0. The maximum Gasteiger partial charge on any atom is 0.137 e. The van der Waals surface area contributed by atoms with E-state index in [1.165, 1.54) is 0 Å². The van der Waals surface area contributed by atoms with Crippen LogP contribution in [0.5, 0.6) is 0 Å². The highest BCUT2D eigenvalue weighted by Crippen LogP contribution is 2.02. The molecular weight excluding hydrogens is 144 g/mol. The average Bonchev–Trinajstić information content (AvgIpc) is 1.81. The van der Waals surface area contributed by atoms with Crippen LogP contribution in [0.4, 0.5) is 0 Å². The van der Waals surface area contributed by atoms with Gasteiger partial charge in [0.2, 0.25) is 0 Å². The molecule has 0 fully saturated rings. The summed E-state index contributed by atoms with van der Waals surface area (Å²) in [7, 11) is 0.922. The molecule has 0 amide bonds. The van der Waals surface area contributed by atoms with E-state index < -0.39 is 8.80 Å². The summed E-state index contributed by atoms with van der Waals surface area (Å²) in [5, 5.41) is 0. The SMILES string of the molecule is COC(OC(C)C)[SiH](C)C. The fraction of sp³-hybridized carbons (Fsp3) is 1.00. The summed E-state index contributed by atoms with van der Waals surface area (Å²) in [5.74, 6) is 0.0833. The topological polar surface area (TPSA) is 18.5 Å². The Morgan fingerprint density at radius 1 is 1.20 bits per heavy atom. The zero-order valence-corrected chi connectivity index (χ0v) is 8.70. The van der Waals surface area contributed by atoms with E-state index in [2.05, 4.69) is 13.1 Å². The molecule has 10 heavy (non-hydrogen) atoms. The first kappa shape index (κ1) is 10.1. The van der Waals surface area contributed by atoms with Crippen molar-refractivity contribution in [2.45, 2.75) is 39.0 Å². The van der Waals surface area contributed by atoms with Gasteiger partial charge in [-0.15, -0.1) is 0 Å². The van der Waals surface area contributed by atoms with Gasteiger partial charge in [-0.1, -0.05) is 13.1 Å². The Kier molecular flexibility index (Phi) is 4.94. The molecule has 3 heteroatoms. The third-order valence-corrected chi connectivity index (χ3v) is 2.70. The standard InChI is InChI=1S/C7H18O2Si/c1-6(2)9-7(8-3)10(4)5/h6-7,10H,1-5H3. The lowest BCUT2D eigenvalue weighted by atomic mass is 10.5. The van der Waals surface area contributed by atoms with Crippen LogP contribution in [0.1, 0.15) is 13.8 Å². The summed E-state index contributed by atoms with van der Waals surface area (Å²) in [6.07, 6.45) is 0.278. The van der Waals surface area contributed by atoms with Crippen LogP contribution in [-0.2, 0) is 9.47 Å². The molecule has 1 atom stereocenters. The summed E-state index contributed by atoms with van der Waals surface area (Å²) in [6, 6.07) is 0. The normalized spacial score (nSPS) is 14.7. The molecule has 0 saturated carbocycles. The molecule has 0 aliphatic carbocycles. The van der Waals surface area contributed by atoms with Gasteiger partial charge in [0.05, 0.1) is 14.9 Å². The highest BCUT2D eigenvalue weighted by Gasteiger charge is 2.14. The van der Waals surface area contributed by atoms with E-state index in [-0.39, 0.29) is 12.0 Å². The molecule has 0 spiro atoms. The quantitative estimate of drug-likeness (QED) is 0.459. The molecule has 0 rings (SSSR count). The Labute approximate surface area is 65.1 Å². The molecule has 0 heterocycles. The zero-order chi connectivity index (χ0) is 8.15. The van der Waals surface area contributed by atoms with E-state index in [4.69, 9.17) is 9.47 Å². The van der Waals surface area contributed by atoms with Crippen molar-refractivity contribution in [3.05, 3.63) is 0 Å². The van der Waals surface area contributed by atoms with Crippen LogP contribution in [0.25, 0.3) is 0 Å². The molecule has 0 aromatic heterocycles. The number of hydrogen-bond donors (Lipinski definition) is 0. The number of rotatable bonds is 4. The first-order chi connectivity index (χ1) is 4.57. The van der Waals surface area contributed by atoms with Gasteiger partial charge < -0.3 is 9.47 Å². The zero-order valence-electron chi connectivity index (χ0n) is 7.55. The largest absolute Gasteiger partial charge is 0.360 e. The van der Waals surface area contributed by atoms with Gasteiger partial charge in [-0.05, 0) is 13.8 Å². The third kappa shape index (κ3) is 4.03. The number of methoxy groups -OCH3 is 1. The van der Waals surface area contributed by atoms with E-state index >= 15 is 0 Å². The summed E-state index contributed by atoms with van der Waals surface area (Å²) in [4.78, 5) is 0. The van der Waals surface area contributed by atoms with Crippen molar-refractivity contribution in [3.63, 3.8) is 0 Å². The predicted molar refractivity (Wildman–Crippen MR) is 45.9 cm³/mol. The highest BCUT2D eigenvalue weighted by atomic mass is 28.3. The van der Waals surface area contributed by atoms with Crippen LogP contribution in [0.3, 0.4) is 0 Å². The fourth-order valence-electron chi connectivity index (χ4n) is 0.753. The van der Waals surface area contributed by atoms with Gasteiger partial charge >= 0.3 is 0 Å². The molecule has 0 bridgehead atoms. The molecule has 0 aromatic rings. The van der Waals surface area contributed by atoms with Crippen molar-refractivity contribution >= 4 is 8.80 Å². The van der Waals surface area contributed by atoms with E-state index in [1.54, 1.807) is 7.11 Å². The Morgan fingerprint density at radius 3 is 1.80 bits per heavy atom. The third-order valence-electron chi connectivity index (χ3n) is 1.18. The molecule has 0 aromatic carbocycles. The molecule has 1 unspecified atom stereocenters. The number of hydrogen-bond acceptors (Lipinski definition) is 2. The number of ether oxygens (including phenoxy) is 2. The van der Waals surface area contributed by atoms with Gasteiger partial charge in [0.15, 0.2) is 0 Å². The van der Waals surface area contributed by atoms with Gasteiger partial charge in [0.1, 0.15) is 5.91 Å². The Morgan fingerprint density at radius 2 is 1.70 bits per heavy atom. The van der Waals surface area contributed by atoms with Crippen LogP contribution >= 0.6 is 0 Å². The van der Waals surface area contributed by atoms with Crippen LogP contribution < -0.4 is 0 Å². The monoisotopic (exact) mass is 162 g/mol. The molecular formula is C7H18O2Si. The molecule has 2 nitrogen and oxygen atoms in total. The van der Waals surface area contributed by atoms with Gasteiger partial charge in [-0.2, -0.15) is 0 Å². The second kappa shape index (κ2) is 4.88. The minimum atomic E-state index is -0.786. The maximum absolute atomic E-state index is 5.50. The lowest BCUT2D eigenvalue weighted by Crippen LogP contribution is -2.32. The Balaban J connectivity index is 3.60. The van der Waals surface area contributed by atoms with Crippen molar-refractivity contribution in [3.8, 4) is 0 Å². The molecule has 62 valence electrons. The smallest absolute Gasteiger partial charge is 0.137 e. The molecule has 0 radical (unpaired) electrons. The van der Waals surface area contributed by atoms with Crippen molar-refractivity contribution in [2.75, 3.05) is 7.11 Å². The van der Waals surface area contributed by atoms with Gasteiger partial charge in [0.25, 0.3) is 0 Å². The van der Waals surface area contributed by atoms with Crippen molar-refractivity contribution in [1.82, 2.24) is 0 Å². The molecule has 0 aliphatic rings. The fourth-order valence-corrected chi connectivity index (χ4v) is 1.93. The summed E-state index contributed by atoms with van der Waals surface area (Å²) in [6.45, 7) is 8.50. The average molecular weight is 162 g/mol. The highest BCUT2D eigenvalue weighted by molar-refractivity contribution is 6.56. The first-order valence-electron chi connectivity index (χ1n) is 3.76. The summed E-state index contributed by atoms with van der Waals surface area (Å²) >= 11 is 0. The maximum atomic E-state index is 5.50. The van der Waals surface area contributed by atoms with Crippen LogP contribution in [-0.4, -0.2) is 27.9 Å². The second-order valence-electron chi connectivity index (χ2n) is 3.03. The molecule has 0 N–H and O–H groups in total. The summed E-state index contributed by atoms with van der Waals surface area (Å²) < 4.78 is 10.7. The van der Waals surface area contributed by atoms with Crippen LogP contribution in [0.15, 0.2) is 0 Å². The Hall–Kier alpha value is 0.137. The van der Waals surface area contributed by atoms with Crippen molar-refractivity contribution in [2.24, 2.45) is 0 Å². The van der Waals surface area contributed by atoms with Gasteiger partial charge in [-0.3, -0.25) is 0 Å². The van der Waals surface area contributed by atoms with E-state index in [0.29, 0.717) is 0 Å². The van der Waals surface area contributed by atoms with E-state index in [9.17, 15) is 0 Å². The van der Waals surface area contributed by atoms with Crippen LogP contribution in [0, 0.1) is 0 Å². The molecule has 0 aliphatic heterocycles. The van der Waals surface area contributed by atoms with Crippen molar-refractivity contribution < 1.29 is 9.47 Å². The molecule has 0 saturated heterocycles. The Bertz CT molecular complexity index is 83.7. The van der Waals surface area contributed by atoms with E-state index in [0.717, 1.165) is 0 Å². The lowest BCUT2D eigenvalue weighted by molar-refractivity contribution is -0.0972. The first-order valence-corrected chi connectivity index (χ1v) is 6.73. The second-order valence-corrected chi connectivity index (χ2v) is 6.07. The predicted octanol–water partition coefficient (Wildman–Crippen LogP) is 1.41. The minimum absolute atomic E-state index is 0.0833. The lowest BCUT2D eigenvalue weighted by Gasteiger charge is -2.21. The van der Waals surface area contributed by atoms with Gasteiger partial charge in [-0.25, -0.2) is 0 Å². The van der Waals surface area contributed by atoms with E-state index in [1.807, 2.05) is 13.8 Å².